The van der Waals surface area contributed by atoms with Gasteiger partial charge >= 0.3 is 0 Å². The van der Waals surface area contributed by atoms with Crippen molar-refractivity contribution in [3.8, 4) is 0 Å². The lowest BCUT2D eigenvalue weighted by Gasteiger charge is -2.20. The second-order valence-electron chi connectivity index (χ2n) is 3.72. The molecule has 0 saturated carbocycles. The van der Waals surface area contributed by atoms with Gasteiger partial charge in [0.2, 0.25) is 0 Å². The predicted octanol–water partition coefficient (Wildman–Crippen LogP) is 2.59. The highest BCUT2D eigenvalue weighted by Crippen LogP contribution is 2.24. The zero-order valence-corrected chi connectivity index (χ0v) is 10.7. The summed E-state index contributed by atoms with van der Waals surface area (Å²) >= 11 is 7.70. The first kappa shape index (κ1) is 12.4. The Morgan fingerprint density at radius 2 is 2.24 bits per heavy atom. The quantitative estimate of drug-likeness (QED) is 0.471. The van der Waals surface area contributed by atoms with Crippen LogP contribution >= 0.6 is 23.4 Å². The normalized spacial score (nSPS) is 16.6. The standard InChI is InChI=1S/C10H12ClN3O2S/c11-9-6-8(14(15)16)7-10(12-9)13-2-1-4-17-5-3-13/h6-7H,1-5H2. The van der Waals surface area contributed by atoms with Crippen LogP contribution in [0.15, 0.2) is 12.1 Å². The van der Waals surface area contributed by atoms with E-state index >= 15 is 0 Å². The van der Waals surface area contributed by atoms with E-state index < -0.39 is 4.92 Å². The molecule has 1 saturated heterocycles. The minimum Gasteiger partial charge on any atom is -0.356 e. The number of aromatic nitrogens is 1. The first-order valence-electron chi connectivity index (χ1n) is 5.31. The largest absolute Gasteiger partial charge is 0.356 e. The first-order valence-corrected chi connectivity index (χ1v) is 6.85. The lowest BCUT2D eigenvalue weighted by molar-refractivity contribution is -0.384. The Bertz CT molecular complexity index is 422. The van der Waals surface area contributed by atoms with Gasteiger partial charge in [-0.3, -0.25) is 10.1 Å². The van der Waals surface area contributed by atoms with E-state index in [1.165, 1.54) is 12.1 Å². The molecule has 2 rings (SSSR count). The summed E-state index contributed by atoms with van der Waals surface area (Å²) in [5.74, 6) is 2.74. The van der Waals surface area contributed by atoms with Crippen LogP contribution in [0.3, 0.4) is 0 Å². The van der Waals surface area contributed by atoms with Gasteiger partial charge in [0.05, 0.1) is 17.1 Å². The van der Waals surface area contributed by atoms with Gasteiger partial charge < -0.3 is 4.90 Å². The first-order chi connectivity index (χ1) is 8.16. The molecule has 0 radical (unpaired) electrons. The summed E-state index contributed by atoms with van der Waals surface area (Å²) in [7, 11) is 0. The second kappa shape index (κ2) is 5.55. The second-order valence-corrected chi connectivity index (χ2v) is 5.33. The zero-order valence-electron chi connectivity index (χ0n) is 9.13. The van der Waals surface area contributed by atoms with E-state index in [9.17, 15) is 10.1 Å². The van der Waals surface area contributed by atoms with Crippen LogP contribution in [0.25, 0.3) is 0 Å². The van der Waals surface area contributed by atoms with Crippen LogP contribution in [-0.2, 0) is 0 Å². The van der Waals surface area contributed by atoms with Crippen molar-refractivity contribution in [1.29, 1.82) is 0 Å². The van der Waals surface area contributed by atoms with Gasteiger partial charge in [0.25, 0.3) is 5.69 Å². The highest BCUT2D eigenvalue weighted by molar-refractivity contribution is 7.99. The molecule has 2 heterocycles. The molecule has 1 fully saturated rings. The maximum Gasteiger partial charge on any atom is 0.276 e. The fourth-order valence-corrected chi connectivity index (χ4v) is 2.80. The molecule has 5 nitrogen and oxygen atoms in total. The lowest BCUT2D eigenvalue weighted by atomic mass is 10.3. The Kier molecular flexibility index (Phi) is 4.06. The molecule has 1 aromatic rings. The Morgan fingerprint density at radius 1 is 1.41 bits per heavy atom. The maximum atomic E-state index is 10.8. The van der Waals surface area contributed by atoms with Crippen LogP contribution in [0, 0.1) is 10.1 Å². The molecule has 0 unspecified atom stereocenters. The van der Waals surface area contributed by atoms with Crippen LogP contribution in [-0.4, -0.2) is 34.5 Å². The van der Waals surface area contributed by atoms with Crippen LogP contribution in [0.4, 0.5) is 11.5 Å². The van der Waals surface area contributed by atoms with Crippen molar-refractivity contribution in [2.75, 3.05) is 29.5 Å². The number of rotatable bonds is 2. The van der Waals surface area contributed by atoms with E-state index in [1.54, 1.807) is 0 Å². The van der Waals surface area contributed by atoms with E-state index in [-0.39, 0.29) is 10.8 Å². The summed E-state index contributed by atoms with van der Waals surface area (Å²) in [5, 5.41) is 10.9. The number of nitrogens with zero attached hydrogens (tertiary/aromatic N) is 3. The number of hydrogen-bond donors (Lipinski definition) is 0. The molecule has 0 amide bonds. The lowest BCUT2D eigenvalue weighted by Crippen LogP contribution is -2.26. The van der Waals surface area contributed by atoms with Gasteiger partial charge in [0.15, 0.2) is 0 Å². The minimum absolute atomic E-state index is 0.00287. The topological polar surface area (TPSA) is 59.3 Å². The third-order valence-electron chi connectivity index (χ3n) is 2.52. The van der Waals surface area contributed by atoms with E-state index in [4.69, 9.17) is 11.6 Å². The summed E-state index contributed by atoms with van der Waals surface area (Å²) < 4.78 is 0. The van der Waals surface area contributed by atoms with Gasteiger partial charge in [-0.2, -0.15) is 11.8 Å². The van der Waals surface area contributed by atoms with E-state index in [1.807, 2.05) is 11.8 Å². The Hall–Kier alpha value is -1.01. The van der Waals surface area contributed by atoms with Crippen LogP contribution in [0.2, 0.25) is 5.15 Å². The molecular formula is C10H12ClN3O2S. The molecule has 0 spiro atoms. The fraction of sp³-hybridized carbons (Fsp3) is 0.500. The van der Waals surface area contributed by atoms with Gasteiger partial charge in [0, 0.05) is 18.8 Å². The Labute approximate surface area is 108 Å². The smallest absolute Gasteiger partial charge is 0.276 e. The molecular weight excluding hydrogens is 262 g/mol. The molecule has 1 aliphatic heterocycles. The minimum atomic E-state index is -0.441. The summed E-state index contributed by atoms with van der Waals surface area (Å²) in [6.07, 6.45) is 1.06. The molecule has 7 heteroatoms. The maximum absolute atomic E-state index is 10.8. The monoisotopic (exact) mass is 273 g/mol. The van der Waals surface area contributed by atoms with Crippen LogP contribution < -0.4 is 4.90 Å². The van der Waals surface area contributed by atoms with Crippen molar-refractivity contribution in [1.82, 2.24) is 4.98 Å². The van der Waals surface area contributed by atoms with Crippen LogP contribution in [0.5, 0.6) is 0 Å². The number of pyridine rings is 1. The van der Waals surface area contributed by atoms with Gasteiger partial charge in [-0.15, -0.1) is 0 Å². The molecule has 17 heavy (non-hydrogen) atoms. The Morgan fingerprint density at radius 3 is 3.00 bits per heavy atom. The number of hydrogen-bond acceptors (Lipinski definition) is 5. The van der Waals surface area contributed by atoms with Gasteiger partial charge in [-0.1, -0.05) is 11.6 Å². The average molecular weight is 274 g/mol. The van der Waals surface area contributed by atoms with Gasteiger partial charge in [0.1, 0.15) is 11.0 Å². The predicted molar refractivity (Wildman–Crippen MR) is 70.1 cm³/mol. The zero-order chi connectivity index (χ0) is 12.3. The summed E-state index contributed by atoms with van der Waals surface area (Å²) in [6, 6.07) is 2.76. The number of thioether (sulfide) groups is 1. The third kappa shape index (κ3) is 3.23. The fourth-order valence-electron chi connectivity index (χ4n) is 1.71. The summed E-state index contributed by atoms with van der Waals surface area (Å²) in [5.41, 5.74) is -0.00287. The van der Waals surface area contributed by atoms with Gasteiger partial charge in [-0.25, -0.2) is 4.98 Å². The van der Waals surface area contributed by atoms with E-state index in [0.29, 0.717) is 5.82 Å². The Balaban J connectivity index is 2.27. The molecule has 92 valence electrons. The summed E-state index contributed by atoms with van der Waals surface area (Å²) in [6.45, 7) is 1.73. The molecule has 0 bridgehead atoms. The van der Waals surface area contributed by atoms with Gasteiger partial charge in [-0.05, 0) is 12.2 Å². The van der Waals surface area contributed by atoms with Crippen molar-refractivity contribution in [2.24, 2.45) is 0 Å². The van der Waals surface area contributed by atoms with E-state index in [0.717, 1.165) is 31.0 Å². The third-order valence-corrected chi connectivity index (χ3v) is 3.76. The molecule has 0 atom stereocenters. The molecule has 1 aromatic heterocycles. The highest BCUT2D eigenvalue weighted by atomic mass is 35.5. The van der Waals surface area contributed by atoms with Crippen molar-refractivity contribution >= 4 is 34.9 Å². The summed E-state index contributed by atoms with van der Waals surface area (Å²) in [4.78, 5) is 16.5. The number of anilines is 1. The highest BCUT2D eigenvalue weighted by Gasteiger charge is 2.16. The number of halogens is 1. The molecule has 0 aliphatic carbocycles. The van der Waals surface area contributed by atoms with Crippen molar-refractivity contribution in [3.05, 3.63) is 27.4 Å². The molecule has 1 aliphatic rings. The molecule has 0 N–H and O–H groups in total. The molecule has 0 aromatic carbocycles. The van der Waals surface area contributed by atoms with Crippen molar-refractivity contribution in [3.63, 3.8) is 0 Å². The van der Waals surface area contributed by atoms with E-state index in [2.05, 4.69) is 9.88 Å². The number of nitro groups is 1. The van der Waals surface area contributed by atoms with Crippen molar-refractivity contribution in [2.45, 2.75) is 6.42 Å². The average Bonchev–Trinajstić information content (AvgIpc) is 2.56. The van der Waals surface area contributed by atoms with Crippen molar-refractivity contribution < 1.29 is 4.92 Å². The SMILES string of the molecule is O=[N+]([O-])c1cc(Cl)nc(N2CCCSCC2)c1. The van der Waals surface area contributed by atoms with Crippen LogP contribution in [0.1, 0.15) is 6.42 Å².